The summed E-state index contributed by atoms with van der Waals surface area (Å²) >= 11 is 0. The van der Waals surface area contributed by atoms with Crippen LogP contribution in [0.1, 0.15) is 5.69 Å². The number of aromatic nitrogens is 3. The number of rotatable bonds is 5. The molecule has 0 saturated carbocycles. The van der Waals surface area contributed by atoms with Gasteiger partial charge in [0.25, 0.3) is 10.0 Å². The lowest BCUT2D eigenvalue weighted by Crippen LogP contribution is -2.13. The van der Waals surface area contributed by atoms with E-state index in [9.17, 15) is 8.42 Å². The predicted octanol–water partition coefficient (Wildman–Crippen LogP) is 0.279. The zero-order valence-electron chi connectivity index (χ0n) is 11.1. The fraction of sp³-hybridized carbons (Fsp3) is 0.364. The maximum absolute atomic E-state index is 12.2. The van der Waals surface area contributed by atoms with Crippen LogP contribution < -0.4 is 10.0 Å². The molecule has 0 atom stereocenters. The van der Waals surface area contributed by atoms with E-state index in [1.54, 1.807) is 36.1 Å². The molecule has 2 heterocycles. The van der Waals surface area contributed by atoms with Gasteiger partial charge in [0.1, 0.15) is 4.90 Å². The van der Waals surface area contributed by atoms with E-state index in [4.69, 9.17) is 0 Å². The van der Waals surface area contributed by atoms with Gasteiger partial charge in [-0.25, -0.2) is 8.42 Å². The van der Waals surface area contributed by atoms with Crippen molar-refractivity contribution in [1.29, 1.82) is 0 Å². The first-order valence-electron chi connectivity index (χ1n) is 5.74. The summed E-state index contributed by atoms with van der Waals surface area (Å²) in [5.74, 6) is 0.307. The van der Waals surface area contributed by atoms with Crippen LogP contribution in [0.25, 0.3) is 0 Å². The summed E-state index contributed by atoms with van der Waals surface area (Å²) in [5, 5.41) is 6.99. The Morgan fingerprint density at radius 2 is 2.11 bits per heavy atom. The van der Waals surface area contributed by atoms with Crippen molar-refractivity contribution in [3.05, 3.63) is 30.2 Å². The molecular weight excluding hydrogens is 266 g/mol. The number of hydrogen-bond acceptors (Lipinski definition) is 4. The minimum Gasteiger partial charge on any atom is -0.352 e. The summed E-state index contributed by atoms with van der Waals surface area (Å²) < 4.78 is 30.1. The van der Waals surface area contributed by atoms with E-state index in [1.807, 2.05) is 14.1 Å². The van der Waals surface area contributed by atoms with E-state index in [0.29, 0.717) is 12.4 Å². The first kappa shape index (κ1) is 13.6. The summed E-state index contributed by atoms with van der Waals surface area (Å²) in [5.41, 5.74) is 0.892. The van der Waals surface area contributed by atoms with Crippen LogP contribution >= 0.6 is 0 Å². The number of anilines is 1. The topological polar surface area (TPSA) is 81.0 Å². The second-order valence-electron chi connectivity index (χ2n) is 4.29. The quantitative estimate of drug-likeness (QED) is 0.826. The van der Waals surface area contributed by atoms with E-state index < -0.39 is 10.0 Å². The molecule has 0 radical (unpaired) electrons. The Morgan fingerprint density at radius 3 is 2.68 bits per heavy atom. The van der Waals surface area contributed by atoms with E-state index >= 15 is 0 Å². The maximum atomic E-state index is 12.2. The first-order chi connectivity index (χ1) is 8.92. The Morgan fingerprint density at radius 1 is 1.37 bits per heavy atom. The molecular formula is C11H17N5O2S. The van der Waals surface area contributed by atoms with Crippen molar-refractivity contribution >= 4 is 15.8 Å². The summed E-state index contributed by atoms with van der Waals surface area (Å²) in [6.45, 7) is 0.607. The van der Waals surface area contributed by atoms with Crippen LogP contribution in [0.3, 0.4) is 0 Å². The molecule has 7 nitrogen and oxygen atoms in total. The molecule has 0 spiro atoms. The Hall–Kier alpha value is -1.80. The summed E-state index contributed by atoms with van der Waals surface area (Å²) in [4.78, 5) is 0.228. The molecule has 0 aliphatic rings. The molecule has 104 valence electrons. The molecule has 2 aromatic rings. The van der Waals surface area contributed by atoms with Crippen molar-refractivity contribution in [2.75, 3.05) is 11.8 Å². The summed E-state index contributed by atoms with van der Waals surface area (Å²) in [6, 6.07) is 3.25. The number of hydrogen-bond donors (Lipinski definition) is 2. The minimum absolute atomic E-state index is 0.228. The van der Waals surface area contributed by atoms with Crippen LogP contribution in [-0.2, 0) is 30.7 Å². The molecule has 0 aromatic carbocycles. The molecule has 0 bridgehead atoms. The van der Waals surface area contributed by atoms with Crippen LogP contribution in [0, 0.1) is 0 Å². The summed E-state index contributed by atoms with van der Waals surface area (Å²) in [6.07, 6.45) is 3.26. The highest BCUT2D eigenvalue weighted by Gasteiger charge is 2.18. The zero-order valence-corrected chi connectivity index (χ0v) is 11.9. The summed E-state index contributed by atoms with van der Waals surface area (Å²) in [7, 11) is 1.76. The highest BCUT2D eigenvalue weighted by molar-refractivity contribution is 7.92. The van der Waals surface area contributed by atoms with Gasteiger partial charge in [0.2, 0.25) is 0 Å². The molecule has 8 heteroatoms. The molecule has 0 fully saturated rings. The number of nitrogens with one attached hydrogen (secondary N) is 2. The highest BCUT2D eigenvalue weighted by Crippen LogP contribution is 2.17. The lowest BCUT2D eigenvalue weighted by molar-refractivity contribution is 0.600. The largest absolute Gasteiger partial charge is 0.352 e. The molecule has 0 unspecified atom stereocenters. The van der Waals surface area contributed by atoms with Gasteiger partial charge < -0.3 is 9.88 Å². The van der Waals surface area contributed by atoms with E-state index in [0.717, 1.165) is 5.69 Å². The Balaban J connectivity index is 2.26. The van der Waals surface area contributed by atoms with Crippen molar-refractivity contribution in [2.24, 2.45) is 14.1 Å². The lowest BCUT2D eigenvalue weighted by atomic mass is 10.4. The Labute approximate surface area is 112 Å². The normalized spacial score (nSPS) is 11.7. The van der Waals surface area contributed by atoms with Gasteiger partial charge >= 0.3 is 0 Å². The van der Waals surface area contributed by atoms with Crippen LogP contribution in [0.5, 0.6) is 0 Å². The minimum atomic E-state index is -3.59. The van der Waals surface area contributed by atoms with Crippen molar-refractivity contribution < 1.29 is 8.42 Å². The zero-order chi connectivity index (χ0) is 14.0. The van der Waals surface area contributed by atoms with Gasteiger partial charge in [0.15, 0.2) is 5.82 Å². The molecule has 0 aliphatic heterocycles. The first-order valence-corrected chi connectivity index (χ1v) is 7.23. The molecule has 2 N–H and O–H groups in total. The molecule has 2 aromatic heterocycles. The highest BCUT2D eigenvalue weighted by atomic mass is 32.2. The standard InChI is InChI=1S/C11H17N5O2S/c1-12-7-9-6-10(8-15(9)2)19(17,18)14-11-4-5-16(3)13-11/h4-6,8,12H,7H2,1-3H3,(H,13,14). The smallest absolute Gasteiger partial charge is 0.264 e. The van der Waals surface area contributed by atoms with Gasteiger partial charge in [-0.1, -0.05) is 0 Å². The van der Waals surface area contributed by atoms with Crippen LogP contribution in [0.2, 0.25) is 0 Å². The second-order valence-corrected chi connectivity index (χ2v) is 5.97. The Kier molecular flexibility index (Phi) is 3.63. The van der Waals surface area contributed by atoms with E-state index in [2.05, 4.69) is 15.1 Å². The molecule has 0 aliphatic carbocycles. The fourth-order valence-corrected chi connectivity index (χ4v) is 2.84. The van der Waals surface area contributed by atoms with Crippen molar-refractivity contribution in [3.63, 3.8) is 0 Å². The van der Waals surface area contributed by atoms with Gasteiger partial charge in [-0.15, -0.1) is 0 Å². The average Bonchev–Trinajstić information content (AvgIpc) is 2.87. The molecule has 0 amide bonds. The Bertz CT molecular complexity index is 671. The van der Waals surface area contributed by atoms with Gasteiger partial charge in [0, 0.05) is 44.8 Å². The van der Waals surface area contributed by atoms with Crippen LogP contribution in [0.15, 0.2) is 29.4 Å². The SMILES string of the molecule is CNCc1cc(S(=O)(=O)Nc2ccn(C)n2)cn1C. The fourth-order valence-electron chi connectivity index (χ4n) is 1.75. The average molecular weight is 283 g/mol. The van der Waals surface area contributed by atoms with Gasteiger partial charge in [0.05, 0.1) is 0 Å². The second kappa shape index (κ2) is 5.06. The molecule has 19 heavy (non-hydrogen) atoms. The monoisotopic (exact) mass is 283 g/mol. The maximum Gasteiger partial charge on any atom is 0.264 e. The van der Waals surface area contributed by atoms with Crippen molar-refractivity contribution in [3.8, 4) is 0 Å². The lowest BCUT2D eigenvalue weighted by Gasteiger charge is -2.02. The molecule has 0 saturated heterocycles. The van der Waals surface area contributed by atoms with E-state index in [1.165, 1.54) is 4.68 Å². The number of nitrogens with zero attached hydrogens (tertiary/aromatic N) is 3. The molecule has 2 rings (SSSR count). The van der Waals surface area contributed by atoms with Crippen molar-refractivity contribution in [1.82, 2.24) is 19.7 Å². The van der Waals surface area contributed by atoms with Gasteiger partial charge in [-0.05, 0) is 13.1 Å². The van der Waals surface area contributed by atoms with Crippen molar-refractivity contribution in [2.45, 2.75) is 11.4 Å². The third-order valence-corrected chi connectivity index (χ3v) is 4.03. The van der Waals surface area contributed by atoms with Gasteiger partial charge in [-0.2, -0.15) is 5.10 Å². The van der Waals surface area contributed by atoms with Crippen LogP contribution in [0.4, 0.5) is 5.82 Å². The number of aryl methyl sites for hydroxylation is 2. The van der Waals surface area contributed by atoms with Gasteiger partial charge in [-0.3, -0.25) is 9.40 Å². The third kappa shape index (κ3) is 2.96. The number of sulfonamides is 1. The predicted molar refractivity (Wildman–Crippen MR) is 72.2 cm³/mol. The van der Waals surface area contributed by atoms with E-state index in [-0.39, 0.29) is 4.90 Å². The van der Waals surface area contributed by atoms with Crippen LogP contribution in [-0.4, -0.2) is 29.8 Å². The third-order valence-electron chi connectivity index (χ3n) is 2.70.